The third kappa shape index (κ3) is 6.86. The number of carbonyl (C=O) groups is 4. The van der Waals surface area contributed by atoms with Crippen LogP contribution in [0.4, 0.5) is 11.4 Å². The number of non-ortho nitro benzene ring substituents is 1. The molecule has 3 aromatic rings. The summed E-state index contributed by atoms with van der Waals surface area (Å²) in [7, 11) is 0. The van der Waals surface area contributed by atoms with Gasteiger partial charge in [0.15, 0.2) is 5.76 Å². The van der Waals surface area contributed by atoms with Gasteiger partial charge in [-0.3, -0.25) is 29.3 Å². The average Bonchev–Trinajstić information content (AvgIpc) is 3.38. The Balaban J connectivity index is 1.81. The molecule has 0 aliphatic rings. The van der Waals surface area contributed by atoms with Crippen molar-refractivity contribution in [3.05, 3.63) is 99.6 Å². The van der Waals surface area contributed by atoms with Crippen molar-refractivity contribution < 1.29 is 33.6 Å². The number of nitro benzene ring substituents is 1. The van der Waals surface area contributed by atoms with Crippen LogP contribution in [0, 0.1) is 10.1 Å². The second-order valence-corrected chi connectivity index (χ2v) is 6.95. The Morgan fingerprint density at radius 2 is 1.74 bits per heavy atom. The maximum absolute atomic E-state index is 12.9. The van der Waals surface area contributed by atoms with Crippen LogP contribution in [0.15, 0.2) is 77.0 Å². The molecule has 2 aromatic carbocycles. The smallest absolute Gasteiger partial charge is 0.322 e. The highest BCUT2D eigenvalue weighted by Crippen LogP contribution is 2.17. The van der Waals surface area contributed by atoms with Crippen LogP contribution in [0.5, 0.6) is 0 Å². The van der Waals surface area contributed by atoms with Crippen LogP contribution in [0.1, 0.15) is 26.5 Å². The van der Waals surface area contributed by atoms with Crippen molar-refractivity contribution in [1.29, 1.82) is 0 Å². The van der Waals surface area contributed by atoms with Gasteiger partial charge in [0.25, 0.3) is 23.4 Å². The van der Waals surface area contributed by atoms with Gasteiger partial charge in [-0.25, -0.2) is 0 Å². The number of carboxylic acids is 1. The number of carboxylic acid groups (broad SMARTS) is 1. The number of amides is 3. The first-order chi connectivity index (χ1) is 16.7. The molecule has 0 saturated carbocycles. The van der Waals surface area contributed by atoms with Crippen molar-refractivity contribution in [1.82, 2.24) is 10.6 Å². The molecule has 0 fully saturated rings. The van der Waals surface area contributed by atoms with Crippen molar-refractivity contribution in [2.24, 2.45) is 0 Å². The summed E-state index contributed by atoms with van der Waals surface area (Å²) < 4.78 is 5.03. The Kier molecular flexibility index (Phi) is 7.70. The van der Waals surface area contributed by atoms with Crippen molar-refractivity contribution in [3.63, 3.8) is 0 Å². The van der Waals surface area contributed by atoms with E-state index in [9.17, 15) is 29.3 Å². The fourth-order valence-corrected chi connectivity index (χ4v) is 2.81. The summed E-state index contributed by atoms with van der Waals surface area (Å²) in [5.41, 5.74) is 0.294. The van der Waals surface area contributed by atoms with E-state index in [-0.39, 0.29) is 34.0 Å². The van der Waals surface area contributed by atoms with Gasteiger partial charge in [-0.2, -0.15) is 0 Å². The molecule has 0 atom stereocenters. The maximum atomic E-state index is 12.9. The topological polar surface area (TPSA) is 181 Å². The number of hydrogen-bond acceptors (Lipinski definition) is 7. The molecule has 1 heterocycles. The van der Waals surface area contributed by atoms with Crippen molar-refractivity contribution in [3.8, 4) is 0 Å². The summed E-state index contributed by atoms with van der Waals surface area (Å²) >= 11 is 0. The van der Waals surface area contributed by atoms with E-state index in [0.717, 1.165) is 0 Å². The summed E-state index contributed by atoms with van der Waals surface area (Å²) in [6, 6.07) is 13.9. The lowest BCUT2D eigenvalue weighted by Gasteiger charge is -2.11. The van der Waals surface area contributed by atoms with Crippen molar-refractivity contribution in [2.75, 3.05) is 11.9 Å². The second-order valence-electron chi connectivity index (χ2n) is 6.95. The number of nitro groups is 1. The van der Waals surface area contributed by atoms with Crippen LogP contribution in [-0.4, -0.2) is 40.3 Å². The van der Waals surface area contributed by atoms with Gasteiger partial charge in [0.05, 0.1) is 11.2 Å². The fourth-order valence-electron chi connectivity index (χ4n) is 2.81. The van der Waals surface area contributed by atoms with E-state index in [1.165, 1.54) is 73.0 Å². The number of rotatable bonds is 9. The van der Waals surface area contributed by atoms with E-state index in [1.54, 1.807) is 0 Å². The largest absolute Gasteiger partial charge is 0.480 e. The van der Waals surface area contributed by atoms with Crippen molar-refractivity contribution in [2.45, 2.75) is 0 Å². The second kappa shape index (κ2) is 11.0. The van der Waals surface area contributed by atoms with Crippen molar-refractivity contribution >= 4 is 41.1 Å². The SMILES string of the molecule is O=C(O)CNC(=O)c1ccc(NC(=O)/C(=C/c2cccc([N+](=O)[O-])c2)NC(=O)c2ccco2)cc1. The predicted molar refractivity (Wildman–Crippen MR) is 122 cm³/mol. The van der Waals surface area contributed by atoms with Crippen LogP contribution >= 0.6 is 0 Å². The van der Waals surface area contributed by atoms with Crippen LogP contribution in [0.3, 0.4) is 0 Å². The molecule has 0 aliphatic carbocycles. The monoisotopic (exact) mass is 478 g/mol. The molecule has 12 nitrogen and oxygen atoms in total. The van der Waals surface area contributed by atoms with E-state index < -0.39 is 35.2 Å². The van der Waals surface area contributed by atoms with E-state index in [1.807, 2.05) is 0 Å². The Bertz CT molecular complexity index is 1300. The first kappa shape index (κ1) is 24.4. The number of nitrogens with one attached hydrogen (secondary N) is 3. The van der Waals surface area contributed by atoms with Gasteiger partial charge in [0.2, 0.25) is 0 Å². The lowest BCUT2D eigenvalue weighted by Crippen LogP contribution is -2.30. The molecule has 0 bridgehead atoms. The molecule has 0 saturated heterocycles. The minimum atomic E-state index is -1.19. The average molecular weight is 478 g/mol. The minimum Gasteiger partial charge on any atom is -0.480 e. The van der Waals surface area contributed by atoms with E-state index >= 15 is 0 Å². The quantitative estimate of drug-likeness (QED) is 0.205. The zero-order valence-electron chi connectivity index (χ0n) is 17.9. The molecule has 178 valence electrons. The number of anilines is 1. The number of benzene rings is 2. The third-order valence-corrected chi connectivity index (χ3v) is 4.43. The molecule has 35 heavy (non-hydrogen) atoms. The van der Waals surface area contributed by atoms with Gasteiger partial charge >= 0.3 is 5.97 Å². The van der Waals surface area contributed by atoms with Crippen LogP contribution < -0.4 is 16.0 Å². The lowest BCUT2D eigenvalue weighted by molar-refractivity contribution is -0.384. The molecular weight excluding hydrogens is 460 g/mol. The minimum absolute atomic E-state index is 0.0560. The van der Waals surface area contributed by atoms with Crippen LogP contribution in [0.25, 0.3) is 6.08 Å². The molecule has 1 aromatic heterocycles. The molecule has 0 unspecified atom stereocenters. The first-order valence-corrected chi connectivity index (χ1v) is 9.95. The zero-order valence-corrected chi connectivity index (χ0v) is 17.9. The molecule has 0 spiro atoms. The maximum Gasteiger partial charge on any atom is 0.322 e. The molecule has 12 heteroatoms. The number of carbonyl (C=O) groups excluding carboxylic acids is 3. The van der Waals surface area contributed by atoms with Gasteiger partial charge in [-0.05, 0) is 48.0 Å². The van der Waals surface area contributed by atoms with Gasteiger partial charge in [-0.1, -0.05) is 12.1 Å². The summed E-state index contributed by atoms with van der Waals surface area (Å²) in [5, 5.41) is 26.9. The predicted octanol–water partition coefficient (Wildman–Crippen LogP) is 2.41. The summed E-state index contributed by atoms with van der Waals surface area (Å²) in [4.78, 5) is 58.4. The summed E-state index contributed by atoms with van der Waals surface area (Å²) in [6.45, 7) is -0.543. The molecule has 0 aliphatic heterocycles. The van der Waals surface area contributed by atoms with Gasteiger partial charge < -0.3 is 25.5 Å². The summed E-state index contributed by atoms with van der Waals surface area (Å²) in [5.74, 6) is -3.32. The number of furan rings is 1. The summed E-state index contributed by atoms with van der Waals surface area (Å²) in [6.07, 6.45) is 2.55. The van der Waals surface area contributed by atoms with Gasteiger partial charge in [0, 0.05) is 23.4 Å². The highest BCUT2D eigenvalue weighted by Gasteiger charge is 2.17. The van der Waals surface area contributed by atoms with Gasteiger partial charge in [0.1, 0.15) is 12.2 Å². The lowest BCUT2D eigenvalue weighted by atomic mass is 10.1. The van der Waals surface area contributed by atoms with Gasteiger partial charge in [-0.15, -0.1) is 0 Å². The standard InChI is InChI=1S/C23H18N4O8/c28-20(29)13-24-21(30)15-6-8-16(9-7-15)25-22(31)18(26-23(32)19-5-2-10-35-19)12-14-3-1-4-17(11-14)27(33)34/h1-12H,13H2,(H,24,30)(H,25,31)(H,26,32)(H,28,29)/b18-12-. The molecule has 0 radical (unpaired) electrons. The highest BCUT2D eigenvalue weighted by molar-refractivity contribution is 6.10. The van der Waals surface area contributed by atoms with E-state index in [2.05, 4.69) is 16.0 Å². The normalized spacial score (nSPS) is 10.8. The Labute approximate surface area is 197 Å². The molecular formula is C23H18N4O8. The number of nitrogens with zero attached hydrogens (tertiary/aromatic N) is 1. The Morgan fingerprint density at radius 3 is 2.37 bits per heavy atom. The highest BCUT2D eigenvalue weighted by atomic mass is 16.6. The number of hydrogen-bond donors (Lipinski definition) is 4. The zero-order chi connectivity index (χ0) is 25.4. The Hall–Kier alpha value is -5.26. The van der Waals surface area contributed by atoms with Crippen LogP contribution in [0.2, 0.25) is 0 Å². The van der Waals surface area contributed by atoms with E-state index in [0.29, 0.717) is 0 Å². The number of aliphatic carboxylic acids is 1. The Morgan fingerprint density at radius 1 is 1.00 bits per heavy atom. The molecule has 4 N–H and O–H groups in total. The molecule has 3 amide bonds. The van der Waals surface area contributed by atoms with Crippen LogP contribution in [-0.2, 0) is 9.59 Å². The molecule has 3 rings (SSSR count). The fraction of sp³-hybridized carbons (Fsp3) is 0.0435. The first-order valence-electron chi connectivity index (χ1n) is 9.95. The third-order valence-electron chi connectivity index (χ3n) is 4.43. The van der Waals surface area contributed by atoms with E-state index in [4.69, 9.17) is 9.52 Å².